The zero-order chi connectivity index (χ0) is 15.0. The van der Waals surface area contributed by atoms with Gasteiger partial charge in [0.25, 0.3) is 0 Å². The third-order valence-electron chi connectivity index (χ3n) is 3.50. The van der Waals surface area contributed by atoms with Crippen LogP contribution >= 0.6 is 0 Å². The van der Waals surface area contributed by atoms with E-state index in [2.05, 4.69) is 10.4 Å². The average molecular weight is 299 g/mol. The molecule has 0 atom stereocenters. The van der Waals surface area contributed by atoms with Gasteiger partial charge in [0, 0.05) is 12.1 Å². The average Bonchev–Trinajstić information content (AvgIpc) is 2.78. The standard InChI is InChI=1S/C14H13F4N3/c15-10-3-1-2-9(6-10)8-21-12-7-19-5-4-11(12)13(20-21)14(16,17)18/h1-3,6,19H,4-5,7-8H2. The lowest BCUT2D eigenvalue weighted by Crippen LogP contribution is -2.26. The highest BCUT2D eigenvalue weighted by Crippen LogP contribution is 2.34. The predicted octanol–water partition coefficient (Wildman–Crippen LogP) is 2.74. The van der Waals surface area contributed by atoms with Crippen molar-refractivity contribution in [2.75, 3.05) is 6.54 Å². The summed E-state index contributed by atoms with van der Waals surface area (Å²) in [4.78, 5) is 0. The van der Waals surface area contributed by atoms with E-state index in [4.69, 9.17) is 0 Å². The first kappa shape index (κ1) is 14.1. The highest BCUT2D eigenvalue weighted by molar-refractivity contribution is 5.31. The number of halogens is 4. The molecule has 0 bridgehead atoms. The molecule has 1 aliphatic rings. The molecule has 0 fully saturated rings. The summed E-state index contributed by atoms with van der Waals surface area (Å²) in [6, 6.07) is 5.80. The summed E-state index contributed by atoms with van der Waals surface area (Å²) in [5.41, 5.74) is 0.533. The zero-order valence-electron chi connectivity index (χ0n) is 11.0. The summed E-state index contributed by atoms with van der Waals surface area (Å²) in [5, 5.41) is 6.76. The second kappa shape index (κ2) is 5.14. The van der Waals surface area contributed by atoms with Crippen molar-refractivity contribution in [1.82, 2.24) is 15.1 Å². The van der Waals surface area contributed by atoms with Gasteiger partial charge in [-0.15, -0.1) is 0 Å². The third-order valence-corrected chi connectivity index (χ3v) is 3.50. The Morgan fingerprint density at radius 1 is 1.29 bits per heavy atom. The Labute approximate surface area is 118 Å². The molecule has 1 N–H and O–H groups in total. The van der Waals surface area contributed by atoms with Gasteiger partial charge in [0.15, 0.2) is 5.69 Å². The van der Waals surface area contributed by atoms with Crippen molar-refractivity contribution in [3.63, 3.8) is 0 Å². The molecule has 0 saturated heterocycles. The quantitative estimate of drug-likeness (QED) is 0.864. The van der Waals surface area contributed by atoms with Crippen LogP contribution in [-0.2, 0) is 25.7 Å². The van der Waals surface area contributed by atoms with Crippen LogP contribution in [0.25, 0.3) is 0 Å². The molecule has 0 amide bonds. The van der Waals surface area contributed by atoms with Gasteiger partial charge in [-0.3, -0.25) is 4.68 Å². The fraction of sp³-hybridized carbons (Fsp3) is 0.357. The zero-order valence-corrected chi connectivity index (χ0v) is 11.0. The first-order valence-corrected chi connectivity index (χ1v) is 6.56. The van der Waals surface area contributed by atoms with E-state index in [1.807, 2.05) is 0 Å². The second-order valence-corrected chi connectivity index (χ2v) is 4.99. The summed E-state index contributed by atoms with van der Waals surface area (Å²) in [5.74, 6) is -0.414. The molecule has 0 spiro atoms. The fourth-order valence-corrected chi connectivity index (χ4v) is 2.58. The lowest BCUT2D eigenvalue weighted by Gasteiger charge is -2.16. The molecule has 1 aromatic carbocycles. The van der Waals surface area contributed by atoms with Gasteiger partial charge < -0.3 is 5.32 Å². The molecular weight excluding hydrogens is 286 g/mol. The lowest BCUT2D eigenvalue weighted by molar-refractivity contribution is -0.142. The molecule has 1 aromatic heterocycles. The summed E-state index contributed by atoms with van der Waals surface area (Å²) < 4.78 is 53.6. The Bertz CT molecular complexity index is 661. The highest BCUT2D eigenvalue weighted by atomic mass is 19.4. The lowest BCUT2D eigenvalue weighted by atomic mass is 10.1. The van der Waals surface area contributed by atoms with Gasteiger partial charge in [-0.05, 0) is 30.7 Å². The van der Waals surface area contributed by atoms with E-state index in [1.165, 1.54) is 22.9 Å². The van der Waals surface area contributed by atoms with E-state index < -0.39 is 17.7 Å². The summed E-state index contributed by atoms with van der Waals surface area (Å²) >= 11 is 0. The van der Waals surface area contributed by atoms with Crippen LogP contribution in [0.5, 0.6) is 0 Å². The van der Waals surface area contributed by atoms with Crippen LogP contribution in [0.3, 0.4) is 0 Å². The van der Waals surface area contributed by atoms with Gasteiger partial charge >= 0.3 is 6.18 Å². The van der Waals surface area contributed by atoms with Crippen LogP contribution in [0.2, 0.25) is 0 Å². The molecule has 3 nitrogen and oxygen atoms in total. The van der Waals surface area contributed by atoms with Crippen LogP contribution < -0.4 is 5.32 Å². The van der Waals surface area contributed by atoms with Crippen molar-refractivity contribution in [1.29, 1.82) is 0 Å². The Morgan fingerprint density at radius 2 is 2.10 bits per heavy atom. The monoisotopic (exact) mass is 299 g/mol. The van der Waals surface area contributed by atoms with Crippen molar-refractivity contribution < 1.29 is 17.6 Å². The summed E-state index contributed by atoms with van der Waals surface area (Å²) in [6.45, 7) is 0.966. The number of rotatable bonds is 2. The second-order valence-electron chi connectivity index (χ2n) is 4.99. The third kappa shape index (κ3) is 2.78. The summed E-state index contributed by atoms with van der Waals surface area (Å²) in [6.07, 6.45) is -4.16. The van der Waals surface area contributed by atoms with Crippen LogP contribution in [0.1, 0.15) is 22.5 Å². The van der Waals surface area contributed by atoms with Crippen molar-refractivity contribution in [3.05, 3.63) is 52.6 Å². The van der Waals surface area contributed by atoms with E-state index in [-0.39, 0.29) is 12.1 Å². The topological polar surface area (TPSA) is 29.9 Å². The Hall–Kier alpha value is -1.89. The molecule has 3 rings (SSSR count). The predicted molar refractivity (Wildman–Crippen MR) is 68.1 cm³/mol. The molecule has 112 valence electrons. The van der Waals surface area contributed by atoms with Crippen molar-refractivity contribution in [2.45, 2.75) is 25.7 Å². The molecular formula is C14H13F4N3. The van der Waals surface area contributed by atoms with Gasteiger partial charge in [-0.25, -0.2) is 4.39 Å². The van der Waals surface area contributed by atoms with Gasteiger partial charge in [0.1, 0.15) is 5.82 Å². The number of hydrogen-bond acceptors (Lipinski definition) is 2. The summed E-state index contributed by atoms with van der Waals surface area (Å²) in [7, 11) is 0. The first-order chi connectivity index (χ1) is 9.95. The van der Waals surface area contributed by atoms with Crippen molar-refractivity contribution >= 4 is 0 Å². The maximum Gasteiger partial charge on any atom is 0.435 e. The SMILES string of the molecule is Fc1cccc(Cn2nc(C(F)(F)F)c3c2CNCC3)c1. The van der Waals surface area contributed by atoms with Crippen LogP contribution in [-0.4, -0.2) is 16.3 Å². The van der Waals surface area contributed by atoms with E-state index >= 15 is 0 Å². The van der Waals surface area contributed by atoms with Crippen molar-refractivity contribution in [3.8, 4) is 0 Å². The van der Waals surface area contributed by atoms with E-state index in [0.717, 1.165) is 0 Å². The highest BCUT2D eigenvalue weighted by Gasteiger charge is 2.39. The Kier molecular flexibility index (Phi) is 3.44. The van der Waals surface area contributed by atoms with Crippen molar-refractivity contribution in [2.24, 2.45) is 0 Å². The minimum absolute atomic E-state index is 0.123. The van der Waals surface area contributed by atoms with Gasteiger partial charge in [-0.2, -0.15) is 18.3 Å². The maximum absolute atomic E-state index is 13.2. The van der Waals surface area contributed by atoms with E-state index in [1.54, 1.807) is 6.07 Å². The number of alkyl halides is 3. The molecule has 7 heteroatoms. The molecule has 2 aromatic rings. The van der Waals surface area contributed by atoms with Crippen LogP contribution in [0.15, 0.2) is 24.3 Å². The molecule has 0 saturated carbocycles. The van der Waals surface area contributed by atoms with E-state index in [0.29, 0.717) is 30.8 Å². The molecule has 0 radical (unpaired) electrons. The fourth-order valence-electron chi connectivity index (χ4n) is 2.58. The van der Waals surface area contributed by atoms with Gasteiger partial charge in [-0.1, -0.05) is 12.1 Å². The molecule has 21 heavy (non-hydrogen) atoms. The maximum atomic E-state index is 13.2. The Balaban J connectivity index is 2.01. The smallest absolute Gasteiger partial charge is 0.311 e. The minimum atomic E-state index is -4.46. The van der Waals surface area contributed by atoms with Crippen LogP contribution in [0.4, 0.5) is 17.6 Å². The number of benzene rings is 1. The van der Waals surface area contributed by atoms with Gasteiger partial charge in [0.2, 0.25) is 0 Å². The molecule has 0 aliphatic carbocycles. The number of fused-ring (bicyclic) bond motifs is 1. The number of nitrogens with one attached hydrogen (secondary N) is 1. The van der Waals surface area contributed by atoms with E-state index in [9.17, 15) is 17.6 Å². The first-order valence-electron chi connectivity index (χ1n) is 6.56. The largest absolute Gasteiger partial charge is 0.435 e. The number of aromatic nitrogens is 2. The molecule has 0 unspecified atom stereocenters. The minimum Gasteiger partial charge on any atom is -0.311 e. The normalized spacial score (nSPS) is 15.0. The number of nitrogens with zero attached hydrogens (tertiary/aromatic N) is 2. The molecule has 1 aliphatic heterocycles. The number of hydrogen-bond donors (Lipinski definition) is 1. The van der Waals surface area contributed by atoms with Gasteiger partial charge in [0.05, 0.1) is 12.2 Å². The Morgan fingerprint density at radius 3 is 2.81 bits per heavy atom. The molecule has 2 heterocycles. The van der Waals surface area contributed by atoms with Crippen LogP contribution in [0, 0.1) is 5.82 Å².